The summed E-state index contributed by atoms with van der Waals surface area (Å²) in [5.74, 6) is 0. The Morgan fingerprint density at radius 2 is 0.769 bits per heavy atom. The predicted molar refractivity (Wildman–Crippen MR) is 214 cm³/mol. The molecule has 0 spiro atoms. The largest absolute Gasteiger partial charge is 0.307 e. The molecule has 7 aromatic carbocycles. The zero-order valence-electron chi connectivity index (χ0n) is 28.4. The highest BCUT2D eigenvalue weighted by Crippen LogP contribution is 2.62. The average molecular weight is 664 g/mol. The van der Waals surface area contributed by atoms with Crippen LogP contribution in [0.3, 0.4) is 0 Å². The van der Waals surface area contributed by atoms with Gasteiger partial charge in [-0.2, -0.15) is 0 Å². The Morgan fingerprint density at radius 1 is 0.346 bits per heavy atom. The molecule has 3 heteroatoms. The van der Waals surface area contributed by atoms with E-state index in [0.29, 0.717) is 0 Å². The van der Waals surface area contributed by atoms with Crippen LogP contribution < -0.4 is 4.90 Å². The van der Waals surface area contributed by atoms with Crippen molar-refractivity contribution in [3.8, 4) is 22.3 Å². The molecular weight excluding hydrogens is 631 g/mol. The first-order valence-corrected chi connectivity index (χ1v) is 17.7. The summed E-state index contributed by atoms with van der Waals surface area (Å²) in [5.41, 5.74) is 12.2. The third-order valence-corrected chi connectivity index (χ3v) is 10.7. The van der Waals surface area contributed by atoms with Gasteiger partial charge in [0.15, 0.2) is 0 Å². The fraction of sp³-hybridized carbons (Fsp3) is 0.0204. The van der Waals surface area contributed by atoms with E-state index in [1.54, 1.807) is 0 Å². The molecule has 0 atom stereocenters. The minimum atomic E-state index is -0.625. The fourth-order valence-electron chi connectivity index (χ4n) is 8.56. The maximum Gasteiger partial charge on any atom is 0.0742 e. The van der Waals surface area contributed by atoms with Crippen LogP contribution in [0.25, 0.3) is 43.8 Å². The number of aromatic nitrogens is 2. The number of fused-ring (bicyclic) bond motifs is 6. The van der Waals surface area contributed by atoms with Crippen LogP contribution in [0.2, 0.25) is 0 Å². The van der Waals surface area contributed by atoms with E-state index in [0.717, 1.165) is 27.9 Å². The van der Waals surface area contributed by atoms with Crippen molar-refractivity contribution in [2.24, 2.45) is 0 Å². The Labute approximate surface area is 303 Å². The Kier molecular flexibility index (Phi) is 7.04. The van der Waals surface area contributed by atoms with Gasteiger partial charge in [-0.15, -0.1) is 0 Å². The van der Waals surface area contributed by atoms with Gasteiger partial charge >= 0.3 is 0 Å². The van der Waals surface area contributed by atoms with Crippen molar-refractivity contribution >= 4 is 38.6 Å². The zero-order chi connectivity index (χ0) is 34.5. The summed E-state index contributed by atoms with van der Waals surface area (Å²) in [6.45, 7) is 0. The molecule has 9 aromatic rings. The van der Waals surface area contributed by atoms with E-state index in [2.05, 4.69) is 191 Å². The maximum atomic E-state index is 4.41. The summed E-state index contributed by atoms with van der Waals surface area (Å²) in [7, 11) is 0. The van der Waals surface area contributed by atoms with Crippen LogP contribution in [-0.2, 0) is 5.41 Å². The van der Waals surface area contributed by atoms with Crippen LogP contribution in [0.4, 0.5) is 17.1 Å². The second-order valence-electron chi connectivity index (χ2n) is 13.4. The SMILES string of the molecule is c1ccc(C2(c3ccccc3)c3ccc4ccccc4c3N(c3c(-c4ccncc4)cccc3-c3ccncc3)c3c2ccc2ccccc32)cc1. The molecule has 0 bridgehead atoms. The lowest BCUT2D eigenvalue weighted by molar-refractivity contribution is 0.735. The van der Waals surface area contributed by atoms with Crippen molar-refractivity contribution in [2.75, 3.05) is 4.90 Å². The number of hydrogen-bond donors (Lipinski definition) is 0. The van der Waals surface area contributed by atoms with E-state index in [4.69, 9.17) is 0 Å². The smallest absolute Gasteiger partial charge is 0.0742 e. The lowest BCUT2D eigenvalue weighted by Crippen LogP contribution is -2.38. The highest BCUT2D eigenvalue weighted by Gasteiger charge is 2.48. The molecule has 0 aliphatic carbocycles. The number of rotatable bonds is 5. The molecule has 0 radical (unpaired) electrons. The van der Waals surface area contributed by atoms with Crippen LogP contribution in [0.5, 0.6) is 0 Å². The quantitative estimate of drug-likeness (QED) is 0.183. The van der Waals surface area contributed by atoms with Gasteiger partial charge in [0.1, 0.15) is 0 Å². The number of para-hydroxylation sites is 1. The number of anilines is 3. The number of benzene rings is 7. The van der Waals surface area contributed by atoms with Crippen molar-refractivity contribution in [2.45, 2.75) is 5.41 Å². The Hall–Kier alpha value is -6.84. The normalized spacial score (nSPS) is 13.1. The van der Waals surface area contributed by atoms with Crippen molar-refractivity contribution < 1.29 is 0 Å². The molecule has 0 N–H and O–H groups in total. The first-order chi connectivity index (χ1) is 25.8. The third-order valence-electron chi connectivity index (χ3n) is 10.7. The standard InChI is InChI=1S/C49H33N3/c1-3-14-38(15-4-1)49(39-16-5-2-6-17-39)44-24-22-34-12-7-9-18-42(34)47(44)52(48-43-19-10-8-13-35(43)23-25-45(48)49)46-40(36-26-30-50-31-27-36)20-11-21-41(46)37-28-32-51-33-29-37/h1-33H. The van der Waals surface area contributed by atoms with Gasteiger partial charge in [-0.3, -0.25) is 9.97 Å². The minimum Gasteiger partial charge on any atom is -0.307 e. The molecule has 0 saturated carbocycles. The Morgan fingerprint density at radius 3 is 1.23 bits per heavy atom. The average Bonchev–Trinajstić information content (AvgIpc) is 3.23. The van der Waals surface area contributed by atoms with Crippen LogP contribution in [0, 0.1) is 0 Å². The first-order valence-electron chi connectivity index (χ1n) is 17.7. The summed E-state index contributed by atoms with van der Waals surface area (Å²) >= 11 is 0. The molecular formula is C49H33N3. The van der Waals surface area contributed by atoms with Gasteiger partial charge in [-0.1, -0.05) is 152 Å². The second-order valence-corrected chi connectivity index (χ2v) is 13.4. The van der Waals surface area contributed by atoms with E-state index in [9.17, 15) is 0 Å². The van der Waals surface area contributed by atoms with Crippen molar-refractivity contribution in [1.82, 2.24) is 9.97 Å². The minimum absolute atomic E-state index is 0.625. The Balaban J connectivity index is 1.47. The van der Waals surface area contributed by atoms with E-state index >= 15 is 0 Å². The van der Waals surface area contributed by atoms with Gasteiger partial charge in [-0.25, -0.2) is 0 Å². The highest BCUT2D eigenvalue weighted by molar-refractivity contribution is 6.13. The summed E-state index contributed by atoms with van der Waals surface area (Å²) in [5, 5.41) is 4.77. The lowest BCUT2D eigenvalue weighted by Gasteiger charge is -2.48. The monoisotopic (exact) mass is 663 g/mol. The van der Waals surface area contributed by atoms with Crippen LogP contribution in [-0.4, -0.2) is 9.97 Å². The van der Waals surface area contributed by atoms with E-state index in [1.807, 2.05) is 24.8 Å². The topological polar surface area (TPSA) is 29.0 Å². The van der Waals surface area contributed by atoms with Crippen molar-refractivity contribution in [3.05, 3.63) is 223 Å². The van der Waals surface area contributed by atoms with Crippen LogP contribution in [0.1, 0.15) is 22.3 Å². The van der Waals surface area contributed by atoms with Gasteiger partial charge in [0, 0.05) is 46.7 Å². The highest BCUT2D eigenvalue weighted by atomic mass is 15.2. The summed E-state index contributed by atoms with van der Waals surface area (Å²) < 4.78 is 0. The maximum absolute atomic E-state index is 4.41. The molecule has 10 rings (SSSR count). The lowest BCUT2D eigenvalue weighted by atomic mass is 9.61. The van der Waals surface area contributed by atoms with E-state index in [-0.39, 0.29) is 0 Å². The number of hydrogen-bond acceptors (Lipinski definition) is 3. The van der Waals surface area contributed by atoms with Gasteiger partial charge in [0.2, 0.25) is 0 Å². The molecule has 0 amide bonds. The molecule has 0 fully saturated rings. The number of nitrogens with zero attached hydrogens (tertiary/aromatic N) is 3. The summed E-state index contributed by atoms with van der Waals surface area (Å²) in [6.07, 6.45) is 7.54. The molecule has 0 unspecified atom stereocenters. The van der Waals surface area contributed by atoms with Gasteiger partial charge in [0.25, 0.3) is 0 Å². The number of pyridine rings is 2. The van der Waals surface area contributed by atoms with Crippen molar-refractivity contribution in [3.63, 3.8) is 0 Å². The molecule has 52 heavy (non-hydrogen) atoms. The predicted octanol–water partition coefficient (Wildman–Crippen LogP) is 12.3. The molecule has 244 valence electrons. The second kappa shape index (κ2) is 12.2. The fourth-order valence-corrected chi connectivity index (χ4v) is 8.56. The van der Waals surface area contributed by atoms with E-state index in [1.165, 1.54) is 55.2 Å². The molecule has 1 aliphatic rings. The Bertz CT molecular complexity index is 2540. The van der Waals surface area contributed by atoms with Crippen LogP contribution >= 0.6 is 0 Å². The molecule has 3 nitrogen and oxygen atoms in total. The van der Waals surface area contributed by atoms with Crippen molar-refractivity contribution in [1.29, 1.82) is 0 Å². The molecule has 1 aliphatic heterocycles. The van der Waals surface area contributed by atoms with E-state index < -0.39 is 5.41 Å². The first kappa shape index (κ1) is 30.0. The third kappa shape index (κ3) is 4.46. The molecule has 2 aromatic heterocycles. The molecule has 3 heterocycles. The van der Waals surface area contributed by atoms with Gasteiger partial charge in [0.05, 0.1) is 22.5 Å². The van der Waals surface area contributed by atoms with Gasteiger partial charge in [-0.05, 0) is 68.4 Å². The summed E-state index contributed by atoms with van der Waals surface area (Å²) in [4.78, 5) is 11.4. The van der Waals surface area contributed by atoms with Crippen LogP contribution in [0.15, 0.2) is 201 Å². The summed E-state index contributed by atoms with van der Waals surface area (Å²) in [6, 6.07) is 64.3. The van der Waals surface area contributed by atoms with Gasteiger partial charge < -0.3 is 4.90 Å². The zero-order valence-corrected chi connectivity index (χ0v) is 28.4. The molecule has 0 saturated heterocycles.